The van der Waals surface area contributed by atoms with Crippen LogP contribution in [-0.4, -0.2) is 25.8 Å². The minimum absolute atomic E-state index is 0.129. The fourth-order valence-electron chi connectivity index (χ4n) is 3.54. The number of carbonyl (C=O) groups is 1. The molecule has 3 aromatic carbocycles. The minimum Gasteiger partial charge on any atom is -0.334 e. The summed E-state index contributed by atoms with van der Waals surface area (Å²) in [4.78, 5) is 15.0. The van der Waals surface area contributed by atoms with Crippen LogP contribution < -0.4 is 4.72 Å². The molecule has 0 radical (unpaired) electrons. The Labute approximate surface area is 175 Å². The summed E-state index contributed by atoms with van der Waals surface area (Å²) in [7, 11) is -3.83. The van der Waals surface area contributed by atoms with Crippen molar-refractivity contribution in [2.24, 2.45) is 0 Å². The van der Waals surface area contributed by atoms with E-state index in [1.807, 2.05) is 6.92 Å². The van der Waals surface area contributed by atoms with Crippen molar-refractivity contribution < 1.29 is 17.6 Å². The number of nitrogens with zero attached hydrogens (tertiary/aromatic N) is 1. The average Bonchev–Trinajstić information content (AvgIpc) is 2.73. The second kappa shape index (κ2) is 7.91. The number of hydrogen-bond acceptors (Lipinski definition) is 3. The highest BCUT2D eigenvalue weighted by Crippen LogP contribution is 2.25. The normalized spacial score (nSPS) is 13.6. The van der Waals surface area contributed by atoms with Crippen LogP contribution in [0.25, 0.3) is 0 Å². The van der Waals surface area contributed by atoms with E-state index in [0.717, 1.165) is 16.7 Å². The van der Waals surface area contributed by atoms with E-state index in [4.69, 9.17) is 0 Å². The molecule has 3 aromatic rings. The predicted octanol–water partition coefficient (Wildman–Crippen LogP) is 4.13. The van der Waals surface area contributed by atoms with Crippen LogP contribution in [-0.2, 0) is 23.0 Å². The molecule has 0 unspecified atom stereocenters. The Morgan fingerprint density at radius 2 is 1.73 bits per heavy atom. The van der Waals surface area contributed by atoms with Gasteiger partial charge in [-0.3, -0.25) is 9.52 Å². The zero-order chi connectivity index (χ0) is 21.3. The number of para-hydroxylation sites is 1. The van der Waals surface area contributed by atoms with Gasteiger partial charge in [-0.25, -0.2) is 12.8 Å². The summed E-state index contributed by atoms with van der Waals surface area (Å²) in [6, 6.07) is 17.6. The average molecular weight is 424 g/mol. The summed E-state index contributed by atoms with van der Waals surface area (Å²) in [5, 5.41) is 0. The fraction of sp³-hybridized carbons (Fsp3) is 0.174. The molecule has 0 bridgehead atoms. The Kier molecular flexibility index (Phi) is 5.30. The highest BCUT2D eigenvalue weighted by atomic mass is 32.2. The van der Waals surface area contributed by atoms with Crippen LogP contribution in [0.1, 0.15) is 27.0 Å². The smallest absolute Gasteiger partial charge is 0.261 e. The highest BCUT2D eigenvalue weighted by Gasteiger charge is 2.25. The lowest BCUT2D eigenvalue weighted by molar-refractivity contribution is 0.0735. The van der Waals surface area contributed by atoms with E-state index in [-0.39, 0.29) is 27.9 Å². The third-order valence-electron chi connectivity index (χ3n) is 5.20. The molecule has 0 aromatic heterocycles. The Balaban J connectivity index is 1.59. The number of amides is 1. The van der Waals surface area contributed by atoms with Gasteiger partial charge in [0.15, 0.2) is 0 Å². The van der Waals surface area contributed by atoms with Gasteiger partial charge in [-0.1, -0.05) is 35.9 Å². The van der Waals surface area contributed by atoms with Gasteiger partial charge in [0.2, 0.25) is 0 Å². The second-order valence-electron chi connectivity index (χ2n) is 7.35. The van der Waals surface area contributed by atoms with Crippen molar-refractivity contribution in [2.75, 3.05) is 11.3 Å². The van der Waals surface area contributed by atoms with Crippen molar-refractivity contribution in [2.45, 2.75) is 24.8 Å². The second-order valence-corrected chi connectivity index (χ2v) is 9.04. The van der Waals surface area contributed by atoms with E-state index in [1.54, 1.807) is 47.4 Å². The van der Waals surface area contributed by atoms with Crippen molar-refractivity contribution in [3.63, 3.8) is 0 Å². The number of fused-ring (bicyclic) bond motifs is 1. The van der Waals surface area contributed by atoms with Gasteiger partial charge < -0.3 is 4.90 Å². The zero-order valence-electron chi connectivity index (χ0n) is 16.4. The molecule has 4 rings (SSSR count). The van der Waals surface area contributed by atoms with Crippen LogP contribution in [0.15, 0.2) is 71.6 Å². The van der Waals surface area contributed by atoms with E-state index in [0.29, 0.717) is 19.5 Å². The van der Waals surface area contributed by atoms with E-state index < -0.39 is 10.0 Å². The number of hydrogen-bond donors (Lipinski definition) is 1. The van der Waals surface area contributed by atoms with Gasteiger partial charge in [-0.15, -0.1) is 0 Å². The van der Waals surface area contributed by atoms with Gasteiger partial charge >= 0.3 is 0 Å². The first-order valence-electron chi connectivity index (χ1n) is 9.58. The topological polar surface area (TPSA) is 66.5 Å². The maximum Gasteiger partial charge on any atom is 0.261 e. The SMILES string of the molecule is Cc1ccc(S(=O)(=O)Nc2ccccc2C(=O)N2CCc3cc(F)ccc3C2)cc1. The molecular formula is C23H21FN2O3S. The first-order chi connectivity index (χ1) is 14.3. The molecule has 1 aliphatic heterocycles. The zero-order valence-corrected chi connectivity index (χ0v) is 17.2. The maximum absolute atomic E-state index is 13.4. The predicted molar refractivity (Wildman–Crippen MR) is 113 cm³/mol. The van der Waals surface area contributed by atoms with Gasteiger partial charge in [0.05, 0.1) is 16.1 Å². The molecule has 0 saturated carbocycles. The number of anilines is 1. The summed E-state index contributed by atoms with van der Waals surface area (Å²) in [5.41, 5.74) is 3.25. The highest BCUT2D eigenvalue weighted by molar-refractivity contribution is 7.92. The number of benzene rings is 3. The number of aryl methyl sites for hydroxylation is 1. The van der Waals surface area contributed by atoms with Crippen molar-refractivity contribution in [3.8, 4) is 0 Å². The molecule has 0 spiro atoms. The maximum atomic E-state index is 13.4. The Morgan fingerprint density at radius 3 is 2.50 bits per heavy atom. The molecule has 7 heteroatoms. The lowest BCUT2D eigenvalue weighted by Gasteiger charge is -2.29. The van der Waals surface area contributed by atoms with Crippen molar-refractivity contribution >= 4 is 21.6 Å². The Bertz CT molecular complexity index is 1210. The van der Waals surface area contributed by atoms with Crippen LogP contribution in [0.4, 0.5) is 10.1 Å². The largest absolute Gasteiger partial charge is 0.334 e. The quantitative estimate of drug-likeness (QED) is 0.685. The third-order valence-corrected chi connectivity index (χ3v) is 6.58. The van der Waals surface area contributed by atoms with E-state index >= 15 is 0 Å². The summed E-state index contributed by atoms with van der Waals surface area (Å²) >= 11 is 0. The summed E-state index contributed by atoms with van der Waals surface area (Å²) in [6.45, 7) is 2.67. The Hall–Kier alpha value is -3.19. The number of carbonyl (C=O) groups excluding carboxylic acids is 1. The van der Waals surface area contributed by atoms with Crippen LogP contribution in [0.3, 0.4) is 0 Å². The molecule has 0 fully saturated rings. The molecule has 30 heavy (non-hydrogen) atoms. The summed E-state index contributed by atoms with van der Waals surface area (Å²) < 4.78 is 41.6. The minimum atomic E-state index is -3.83. The van der Waals surface area contributed by atoms with Gasteiger partial charge in [0.25, 0.3) is 15.9 Å². The van der Waals surface area contributed by atoms with Crippen molar-refractivity contribution in [1.82, 2.24) is 4.90 Å². The van der Waals surface area contributed by atoms with Gasteiger partial charge in [-0.2, -0.15) is 0 Å². The number of nitrogens with one attached hydrogen (secondary N) is 1. The van der Waals surface area contributed by atoms with Crippen LogP contribution in [0.5, 0.6) is 0 Å². The van der Waals surface area contributed by atoms with E-state index in [9.17, 15) is 17.6 Å². The monoisotopic (exact) mass is 424 g/mol. The van der Waals surface area contributed by atoms with Crippen LogP contribution in [0, 0.1) is 12.7 Å². The van der Waals surface area contributed by atoms with Crippen molar-refractivity contribution in [3.05, 3.63) is 94.8 Å². The molecule has 0 atom stereocenters. The third kappa shape index (κ3) is 4.07. The Morgan fingerprint density at radius 1 is 1.00 bits per heavy atom. The molecule has 1 amide bonds. The molecule has 1 N–H and O–H groups in total. The first-order valence-corrected chi connectivity index (χ1v) is 11.1. The van der Waals surface area contributed by atoms with E-state index in [1.165, 1.54) is 24.3 Å². The molecule has 0 aliphatic carbocycles. The molecule has 154 valence electrons. The summed E-state index contributed by atoms with van der Waals surface area (Å²) in [6.07, 6.45) is 0.552. The molecule has 1 heterocycles. The van der Waals surface area contributed by atoms with Gasteiger partial charge in [0, 0.05) is 13.1 Å². The molecular weight excluding hydrogens is 403 g/mol. The van der Waals surface area contributed by atoms with Crippen molar-refractivity contribution in [1.29, 1.82) is 0 Å². The number of halogens is 1. The number of sulfonamides is 1. The van der Waals surface area contributed by atoms with E-state index in [2.05, 4.69) is 4.72 Å². The van der Waals surface area contributed by atoms with Gasteiger partial charge in [-0.05, 0) is 60.9 Å². The number of rotatable bonds is 4. The van der Waals surface area contributed by atoms with Crippen LogP contribution in [0.2, 0.25) is 0 Å². The first kappa shape index (κ1) is 20.1. The summed E-state index contributed by atoms with van der Waals surface area (Å²) in [5.74, 6) is -0.559. The fourth-order valence-corrected chi connectivity index (χ4v) is 4.62. The standard InChI is InChI=1S/C23H21FN2O3S/c1-16-6-10-20(11-7-16)30(28,29)25-22-5-3-2-4-21(22)23(27)26-13-12-17-14-19(24)9-8-18(17)15-26/h2-11,14,25H,12-13,15H2,1H3. The van der Waals surface area contributed by atoms with Gasteiger partial charge in [0.1, 0.15) is 5.82 Å². The molecule has 1 aliphatic rings. The molecule has 5 nitrogen and oxygen atoms in total. The molecule has 0 saturated heterocycles. The lowest BCUT2D eigenvalue weighted by atomic mass is 9.99. The lowest BCUT2D eigenvalue weighted by Crippen LogP contribution is -2.36. The van der Waals surface area contributed by atoms with Crippen LogP contribution >= 0.6 is 0 Å².